The van der Waals surface area contributed by atoms with Crippen molar-refractivity contribution in [3.05, 3.63) is 0 Å². The molecule has 0 saturated heterocycles. The Morgan fingerprint density at radius 3 is 2.12 bits per heavy atom. The molecule has 0 aromatic carbocycles. The van der Waals surface area contributed by atoms with Gasteiger partial charge in [-0.2, -0.15) is 0 Å². The zero-order chi connectivity index (χ0) is 12.8. The molecule has 0 spiro atoms. The minimum absolute atomic E-state index is 0.0186. The van der Waals surface area contributed by atoms with Crippen molar-refractivity contribution >= 4 is 9.84 Å². The Morgan fingerprint density at radius 1 is 1.19 bits per heavy atom. The molecule has 16 heavy (non-hydrogen) atoms. The van der Waals surface area contributed by atoms with Gasteiger partial charge in [-0.15, -0.1) is 0 Å². The first-order valence-electron chi connectivity index (χ1n) is 6.16. The van der Waals surface area contributed by atoms with Gasteiger partial charge >= 0.3 is 0 Å². The lowest BCUT2D eigenvalue weighted by molar-refractivity contribution is 0.292. The predicted octanol–water partition coefficient (Wildman–Crippen LogP) is 2.23. The second-order valence-corrected chi connectivity index (χ2v) is 7.67. The van der Waals surface area contributed by atoms with Crippen molar-refractivity contribution in [1.82, 2.24) is 5.32 Å². The van der Waals surface area contributed by atoms with Crippen LogP contribution in [-0.4, -0.2) is 32.5 Å². The summed E-state index contributed by atoms with van der Waals surface area (Å²) in [4.78, 5) is 0. The minimum atomic E-state index is -2.91. The fraction of sp³-hybridized carbons (Fsp3) is 1.00. The van der Waals surface area contributed by atoms with Crippen LogP contribution in [0.3, 0.4) is 0 Å². The Bertz CT molecular complexity index is 278. The topological polar surface area (TPSA) is 46.2 Å². The van der Waals surface area contributed by atoms with E-state index in [1.165, 1.54) is 0 Å². The second kappa shape index (κ2) is 6.60. The van der Waals surface area contributed by atoms with Gasteiger partial charge in [0.25, 0.3) is 0 Å². The molecular formula is C12H27NO2S. The Balaban J connectivity index is 4.50. The van der Waals surface area contributed by atoms with Crippen LogP contribution in [0.2, 0.25) is 0 Å². The third kappa shape index (κ3) is 6.48. The molecule has 98 valence electrons. The van der Waals surface area contributed by atoms with Gasteiger partial charge in [0.15, 0.2) is 9.84 Å². The van der Waals surface area contributed by atoms with Gasteiger partial charge in [-0.3, -0.25) is 0 Å². The second-order valence-electron chi connectivity index (χ2n) is 5.44. The van der Waals surface area contributed by atoms with E-state index in [1.54, 1.807) is 0 Å². The summed E-state index contributed by atoms with van der Waals surface area (Å²) in [6, 6.07) is 0.0411. The van der Waals surface area contributed by atoms with Crippen LogP contribution in [0, 0.1) is 5.41 Å². The average Bonchev–Trinajstić information content (AvgIpc) is 2.12. The van der Waals surface area contributed by atoms with Crippen molar-refractivity contribution in [2.24, 2.45) is 5.41 Å². The number of rotatable bonds is 7. The summed E-state index contributed by atoms with van der Waals surface area (Å²) in [6.45, 7) is 11.1. The van der Waals surface area contributed by atoms with Crippen LogP contribution < -0.4 is 5.32 Å². The normalized spacial score (nSPS) is 15.1. The van der Waals surface area contributed by atoms with Gasteiger partial charge in [-0.05, 0) is 18.4 Å². The molecular weight excluding hydrogens is 222 g/mol. The van der Waals surface area contributed by atoms with Gasteiger partial charge in [0.05, 0.1) is 11.5 Å². The summed E-state index contributed by atoms with van der Waals surface area (Å²) in [7, 11) is -2.91. The van der Waals surface area contributed by atoms with Gasteiger partial charge in [-0.1, -0.05) is 41.0 Å². The summed E-state index contributed by atoms with van der Waals surface area (Å²) in [5.74, 6) is 0.575. The fourth-order valence-corrected chi connectivity index (χ4v) is 3.58. The van der Waals surface area contributed by atoms with Crippen LogP contribution in [0.5, 0.6) is 0 Å². The lowest BCUT2D eigenvalue weighted by Crippen LogP contribution is -2.45. The first-order chi connectivity index (χ1) is 7.23. The SMILES string of the molecule is CCCCS(=O)(=O)CC(NCC)C(C)(C)C. The highest BCUT2D eigenvalue weighted by atomic mass is 32.2. The summed E-state index contributed by atoms with van der Waals surface area (Å²) < 4.78 is 23.8. The summed E-state index contributed by atoms with van der Waals surface area (Å²) in [5, 5.41) is 3.28. The van der Waals surface area contributed by atoms with Crippen LogP contribution in [0.25, 0.3) is 0 Å². The van der Waals surface area contributed by atoms with Crippen molar-refractivity contribution in [2.75, 3.05) is 18.1 Å². The van der Waals surface area contributed by atoms with Crippen LogP contribution in [0.1, 0.15) is 47.5 Å². The number of unbranched alkanes of at least 4 members (excludes halogenated alkanes) is 1. The highest BCUT2D eigenvalue weighted by Gasteiger charge is 2.28. The Kier molecular flexibility index (Phi) is 6.56. The van der Waals surface area contributed by atoms with Gasteiger partial charge in [-0.25, -0.2) is 8.42 Å². The van der Waals surface area contributed by atoms with Crippen molar-refractivity contribution in [3.8, 4) is 0 Å². The van der Waals surface area contributed by atoms with Crippen molar-refractivity contribution in [2.45, 2.75) is 53.5 Å². The summed E-state index contributed by atoms with van der Waals surface area (Å²) in [6.07, 6.45) is 1.70. The molecule has 0 heterocycles. The molecule has 3 nitrogen and oxygen atoms in total. The zero-order valence-corrected chi connectivity index (χ0v) is 12.2. The minimum Gasteiger partial charge on any atom is -0.313 e. The third-order valence-electron chi connectivity index (χ3n) is 2.73. The van der Waals surface area contributed by atoms with Crippen LogP contribution >= 0.6 is 0 Å². The van der Waals surface area contributed by atoms with Gasteiger partial charge in [0.1, 0.15) is 0 Å². The van der Waals surface area contributed by atoms with E-state index in [9.17, 15) is 8.42 Å². The lowest BCUT2D eigenvalue weighted by Gasteiger charge is -2.31. The van der Waals surface area contributed by atoms with E-state index >= 15 is 0 Å². The molecule has 0 bridgehead atoms. The highest BCUT2D eigenvalue weighted by molar-refractivity contribution is 7.91. The predicted molar refractivity (Wildman–Crippen MR) is 70.5 cm³/mol. The first kappa shape index (κ1) is 15.9. The molecule has 1 atom stereocenters. The van der Waals surface area contributed by atoms with Crippen molar-refractivity contribution in [1.29, 1.82) is 0 Å². The molecule has 1 N–H and O–H groups in total. The summed E-state index contributed by atoms with van der Waals surface area (Å²) in [5.41, 5.74) is -0.0186. The molecule has 0 rings (SSSR count). The number of hydrogen-bond donors (Lipinski definition) is 1. The maximum Gasteiger partial charge on any atom is 0.151 e. The maximum atomic E-state index is 11.9. The molecule has 0 aromatic rings. The van der Waals surface area contributed by atoms with E-state index in [0.29, 0.717) is 5.75 Å². The monoisotopic (exact) mass is 249 g/mol. The molecule has 0 aliphatic rings. The van der Waals surface area contributed by atoms with Gasteiger partial charge in [0, 0.05) is 6.04 Å². The van der Waals surface area contributed by atoms with E-state index in [1.807, 2.05) is 13.8 Å². The maximum absolute atomic E-state index is 11.9. The molecule has 0 fully saturated rings. The molecule has 1 unspecified atom stereocenters. The fourth-order valence-electron chi connectivity index (χ4n) is 1.56. The number of sulfone groups is 1. The van der Waals surface area contributed by atoms with Gasteiger partial charge in [0.2, 0.25) is 0 Å². The lowest BCUT2D eigenvalue weighted by atomic mass is 9.88. The van der Waals surface area contributed by atoms with E-state index in [4.69, 9.17) is 0 Å². The molecule has 0 saturated carbocycles. The standard InChI is InChI=1S/C12H27NO2S/c1-6-8-9-16(14,15)10-11(13-7-2)12(3,4)5/h11,13H,6-10H2,1-5H3. The smallest absolute Gasteiger partial charge is 0.151 e. The van der Waals surface area contributed by atoms with Crippen molar-refractivity contribution in [3.63, 3.8) is 0 Å². The molecule has 0 aromatic heterocycles. The van der Waals surface area contributed by atoms with E-state index in [0.717, 1.165) is 19.4 Å². The third-order valence-corrected chi connectivity index (χ3v) is 4.48. The first-order valence-corrected chi connectivity index (χ1v) is 7.99. The number of hydrogen-bond acceptors (Lipinski definition) is 3. The molecule has 0 radical (unpaired) electrons. The quantitative estimate of drug-likeness (QED) is 0.752. The molecule has 0 aliphatic carbocycles. The largest absolute Gasteiger partial charge is 0.313 e. The highest BCUT2D eigenvalue weighted by Crippen LogP contribution is 2.21. The summed E-state index contributed by atoms with van der Waals surface area (Å²) >= 11 is 0. The van der Waals surface area contributed by atoms with E-state index in [2.05, 4.69) is 26.1 Å². The average molecular weight is 249 g/mol. The van der Waals surface area contributed by atoms with Gasteiger partial charge < -0.3 is 5.32 Å². The number of nitrogens with one attached hydrogen (secondary N) is 1. The Morgan fingerprint density at radius 2 is 1.75 bits per heavy atom. The van der Waals surface area contributed by atoms with E-state index < -0.39 is 9.84 Å². The molecule has 0 aliphatic heterocycles. The zero-order valence-electron chi connectivity index (χ0n) is 11.3. The molecule has 4 heteroatoms. The Labute approximate surface area is 101 Å². The van der Waals surface area contributed by atoms with Crippen LogP contribution in [-0.2, 0) is 9.84 Å². The Hall–Kier alpha value is -0.0900. The molecule has 0 amide bonds. The van der Waals surface area contributed by atoms with Crippen LogP contribution in [0.4, 0.5) is 0 Å². The van der Waals surface area contributed by atoms with Crippen molar-refractivity contribution < 1.29 is 8.42 Å². The van der Waals surface area contributed by atoms with Crippen LogP contribution in [0.15, 0.2) is 0 Å². The van der Waals surface area contributed by atoms with E-state index in [-0.39, 0.29) is 17.2 Å².